The minimum absolute atomic E-state index is 0.144. The van der Waals surface area contributed by atoms with Crippen LogP contribution in [0.4, 0.5) is 0 Å². The van der Waals surface area contributed by atoms with Crippen molar-refractivity contribution in [1.29, 1.82) is 0 Å². The molecule has 0 radical (unpaired) electrons. The van der Waals surface area contributed by atoms with Gasteiger partial charge in [-0.15, -0.1) is 0 Å². The lowest BCUT2D eigenvalue weighted by Crippen LogP contribution is -2.24. The van der Waals surface area contributed by atoms with Gasteiger partial charge in [-0.3, -0.25) is 5.43 Å². The molecule has 6 heteroatoms. The molecule has 0 saturated carbocycles. The Morgan fingerprint density at radius 3 is 2.67 bits per heavy atom. The van der Waals surface area contributed by atoms with E-state index in [0.29, 0.717) is 0 Å². The van der Waals surface area contributed by atoms with E-state index < -0.39 is 0 Å². The van der Waals surface area contributed by atoms with Crippen LogP contribution in [0.3, 0.4) is 0 Å². The Balaban J connectivity index is 2.41. The van der Waals surface area contributed by atoms with Crippen LogP contribution >= 0.6 is 23.8 Å². The first-order valence-electron chi connectivity index (χ1n) is 6.44. The smallest absolute Gasteiger partial charge is 0.184 e. The summed E-state index contributed by atoms with van der Waals surface area (Å²) in [7, 11) is 0. The molecule has 21 heavy (non-hydrogen) atoms. The topological polar surface area (TPSA) is 55.3 Å². The summed E-state index contributed by atoms with van der Waals surface area (Å²) < 4.78 is 2.13. The van der Waals surface area contributed by atoms with Crippen LogP contribution in [0.2, 0.25) is 5.02 Å². The molecule has 110 valence electrons. The summed E-state index contributed by atoms with van der Waals surface area (Å²) in [5, 5.41) is 4.90. The first-order valence-corrected chi connectivity index (χ1v) is 7.22. The Labute approximate surface area is 134 Å². The highest BCUT2D eigenvalue weighted by Crippen LogP contribution is 2.24. The zero-order valence-corrected chi connectivity index (χ0v) is 13.7. The van der Waals surface area contributed by atoms with Crippen molar-refractivity contribution in [3.63, 3.8) is 0 Å². The van der Waals surface area contributed by atoms with E-state index in [0.717, 1.165) is 33.2 Å². The molecule has 0 saturated heterocycles. The average Bonchev–Trinajstić information content (AvgIpc) is 2.68. The standard InChI is InChI=1S/C15H17ClN4S/c1-9-4-5-13(7-14(9)16)20-10(2)6-12(11(20)3)8-18-19-15(17)21/h4-8H,1-3H3,(H3,17,19,21)/b18-8-. The molecule has 1 aromatic carbocycles. The summed E-state index contributed by atoms with van der Waals surface area (Å²) in [5.41, 5.74) is 13.1. The zero-order valence-electron chi connectivity index (χ0n) is 12.1. The largest absolute Gasteiger partial charge is 0.375 e. The molecule has 0 amide bonds. The number of aryl methyl sites for hydroxylation is 2. The van der Waals surface area contributed by atoms with Gasteiger partial charge < -0.3 is 10.3 Å². The van der Waals surface area contributed by atoms with Crippen LogP contribution < -0.4 is 11.2 Å². The summed E-state index contributed by atoms with van der Waals surface area (Å²) in [6.07, 6.45) is 1.70. The van der Waals surface area contributed by atoms with Gasteiger partial charge >= 0.3 is 0 Å². The number of hydrogen-bond donors (Lipinski definition) is 2. The van der Waals surface area contributed by atoms with E-state index >= 15 is 0 Å². The average molecular weight is 321 g/mol. The van der Waals surface area contributed by atoms with Crippen molar-refractivity contribution >= 4 is 35.1 Å². The number of hydrazone groups is 1. The van der Waals surface area contributed by atoms with Crippen LogP contribution in [-0.2, 0) is 0 Å². The first kappa shape index (κ1) is 15.5. The Morgan fingerprint density at radius 2 is 2.05 bits per heavy atom. The maximum atomic E-state index is 6.22. The van der Waals surface area contributed by atoms with Crippen LogP contribution in [0.1, 0.15) is 22.5 Å². The fraction of sp³-hybridized carbons (Fsp3) is 0.200. The number of benzene rings is 1. The quantitative estimate of drug-likeness (QED) is 0.518. The third-order valence-electron chi connectivity index (χ3n) is 3.26. The molecule has 0 unspecified atom stereocenters. The molecule has 1 heterocycles. The molecule has 0 bridgehead atoms. The third-order valence-corrected chi connectivity index (χ3v) is 3.76. The predicted octanol–water partition coefficient (Wildman–Crippen LogP) is 3.22. The van der Waals surface area contributed by atoms with Crippen molar-refractivity contribution in [2.24, 2.45) is 10.8 Å². The van der Waals surface area contributed by atoms with Gasteiger partial charge in [0.2, 0.25) is 0 Å². The van der Waals surface area contributed by atoms with Crippen molar-refractivity contribution in [3.05, 3.63) is 51.8 Å². The number of aromatic nitrogens is 1. The number of halogens is 1. The van der Waals surface area contributed by atoms with Gasteiger partial charge in [0.25, 0.3) is 0 Å². The highest BCUT2D eigenvalue weighted by molar-refractivity contribution is 7.80. The summed E-state index contributed by atoms with van der Waals surface area (Å²) in [6.45, 7) is 6.06. The van der Waals surface area contributed by atoms with Gasteiger partial charge in [0.1, 0.15) is 0 Å². The molecule has 0 atom stereocenters. The number of rotatable bonds is 3. The van der Waals surface area contributed by atoms with Gasteiger partial charge in [0.15, 0.2) is 5.11 Å². The Hall–Kier alpha value is -1.85. The van der Waals surface area contributed by atoms with E-state index in [1.54, 1.807) is 6.21 Å². The van der Waals surface area contributed by atoms with E-state index in [-0.39, 0.29) is 5.11 Å². The van der Waals surface area contributed by atoms with Crippen molar-refractivity contribution in [1.82, 2.24) is 9.99 Å². The highest BCUT2D eigenvalue weighted by atomic mass is 35.5. The number of thiocarbonyl (C=S) groups is 1. The second-order valence-electron chi connectivity index (χ2n) is 4.83. The number of nitrogens with one attached hydrogen (secondary N) is 1. The fourth-order valence-electron chi connectivity index (χ4n) is 2.20. The van der Waals surface area contributed by atoms with Gasteiger partial charge in [0.05, 0.1) is 6.21 Å². The van der Waals surface area contributed by atoms with Gasteiger partial charge in [-0.25, -0.2) is 0 Å². The molecule has 0 aliphatic rings. The minimum atomic E-state index is 0.144. The molecule has 0 spiro atoms. The van der Waals surface area contributed by atoms with Gasteiger partial charge in [0, 0.05) is 27.7 Å². The Kier molecular flexibility index (Phi) is 4.65. The van der Waals surface area contributed by atoms with Gasteiger partial charge in [-0.05, 0) is 56.8 Å². The maximum absolute atomic E-state index is 6.22. The van der Waals surface area contributed by atoms with Crippen LogP contribution in [0.25, 0.3) is 5.69 Å². The highest BCUT2D eigenvalue weighted by Gasteiger charge is 2.10. The summed E-state index contributed by atoms with van der Waals surface area (Å²) in [4.78, 5) is 0. The van der Waals surface area contributed by atoms with Crippen LogP contribution in [-0.4, -0.2) is 15.9 Å². The van der Waals surface area contributed by atoms with E-state index in [9.17, 15) is 0 Å². The van der Waals surface area contributed by atoms with Crippen LogP contribution in [0.15, 0.2) is 29.4 Å². The molecule has 3 N–H and O–H groups in total. The predicted molar refractivity (Wildman–Crippen MR) is 92.5 cm³/mol. The molecular formula is C15H17ClN4S. The second kappa shape index (κ2) is 6.28. The molecule has 1 aromatic heterocycles. The summed E-state index contributed by atoms with van der Waals surface area (Å²) >= 11 is 10.9. The normalized spacial score (nSPS) is 11.0. The SMILES string of the molecule is Cc1ccc(-n2c(C)cc(/C=N\NC(N)=S)c2C)cc1Cl. The van der Waals surface area contributed by atoms with Crippen LogP contribution in [0, 0.1) is 20.8 Å². The van der Waals surface area contributed by atoms with E-state index in [1.165, 1.54) is 0 Å². The van der Waals surface area contributed by atoms with Crippen molar-refractivity contribution in [2.75, 3.05) is 0 Å². The monoisotopic (exact) mass is 320 g/mol. The molecule has 4 nitrogen and oxygen atoms in total. The molecule has 2 aromatic rings. The third kappa shape index (κ3) is 3.43. The molecule has 0 fully saturated rings. The number of nitrogens with zero attached hydrogens (tertiary/aromatic N) is 2. The summed E-state index contributed by atoms with van der Waals surface area (Å²) in [6, 6.07) is 8.08. The molecular weight excluding hydrogens is 304 g/mol. The van der Waals surface area contributed by atoms with E-state index in [4.69, 9.17) is 29.6 Å². The molecule has 2 rings (SSSR count). The van der Waals surface area contributed by atoms with Crippen molar-refractivity contribution in [2.45, 2.75) is 20.8 Å². The zero-order chi connectivity index (χ0) is 15.6. The molecule has 0 aliphatic carbocycles. The lowest BCUT2D eigenvalue weighted by Gasteiger charge is -2.11. The van der Waals surface area contributed by atoms with E-state index in [2.05, 4.69) is 21.2 Å². The van der Waals surface area contributed by atoms with Crippen molar-refractivity contribution < 1.29 is 0 Å². The Bertz CT molecular complexity index is 719. The fourth-order valence-corrected chi connectivity index (χ4v) is 2.43. The minimum Gasteiger partial charge on any atom is -0.375 e. The lowest BCUT2D eigenvalue weighted by atomic mass is 10.2. The van der Waals surface area contributed by atoms with Crippen molar-refractivity contribution in [3.8, 4) is 5.69 Å². The second-order valence-corrected chi connectivity index (χ2v) is 5.68. The lowest BCUT2D eigenvalue weighted by molar-refractivity contribution is 0.963. The van der Waals surface area contributed by atoms with E-state index in [1.807, 2.05) is 39.0 Å². The maximum Gasteiger partial charge on any atom is 0.184 e. The number of nitrogens with two attached hydrogens (primary N) is 1. The van der Waals surface area contributed by atoms with Crippen LogP contribution in [0.5, 0.6) is 0 Å². The van der Waals surface area contributed by atoms with Gasteiger partial charge in [-0.1, -0.05) is 17.7 Å². The van der Waals surface area contributed by atoms with Gasteiger partial charge in [-0.2, -0.15) is 5.10 Å². The summed E-state index contributed by atoms with van der Waals surface area (Å²) in [5.74, 6) is 0. The Morgan fingerprint density at radius 1 is 1.33 bits per heavy atom. The number of hydrogen-bond acceptors (Lipinski definition) is 2. The first-order chi connectivity index (χ1) is 9.90. The molecule has 0 aliphatic heterocycles.